The number of carbonyl (C=O) groups is 1. The number of amides is 1. The van der Waals surface area contributed by atoms with Crippen LogP contribution in [0, 0.1) is 5.41 Å². The van der Waals surface area contributed by atoms with Gasteiger partial charge in [0.2, 0.25) is 5.91 Å². The number of rotatable bonds is 2. The Morgan fingerprint density at radius 2 is 2.05 bits per heavy atom. The first-order chi connectivity index (χ1) is 9.80. The second-order valence-corrected chi connectivity index (χ2v) is 6.92. The van der Waals surface area contributed by atoms with Crippen molar-refractivity contribution in [2.75, 3.05) is 19.7 Å². The number of morpholine rings is 1. The third-order valence-corrected chi connectivity index (χ3v) is 4.17. The molecule has 2 N–H and O–H groups in total. The molecule has 1 heterocycles. The number of carbonyl (C=O) groups excluding carboxylic acids is 1. The second kappa shape index (κ2) is 7.64. The van der Waals surface area contributed by atoms with E-state index in [9.17, 15) is 4.79 Å². The zero-order valence-electron chi connectivity index (χ0n) is 13.2. The lowest BCUT2D eigenvalue weighted by Gasteiger charge is -2.37. The number of hydrogen-bond acceptors (Lipinski definition) is 3. The van der Waals surface area contributed by atoms with E-state index in [1.807, 2.05) is 45.0 Å². The predicted octanol–water partition coefficient (Wildman–Crippen LogP) is 3.04. The van der Waals surface area contributed by atoms with Gasteiger partial charge in [-0.25, -0.2) is 0 Å². The van der Waals surface area contributed by atoms with Crippen LogP contribution in [0.3, 0.4) is 0 Å². The highest BCUT2D eigenvalue weighted by atomic mass is 35.5. The lowest BCUT2D eigenvalue weighted by molar-refractivity contribution is -0.142. The van der Waals surface area contributed by atoms with Crippen LogP contribution >= 0.6 is 24.0 Å². The molecule has 1 aliphatic heterocycles. The van der Waals surface area contributed by atoms with Gasteiger partial charge in [-0.3, -0.25) is 4.79 Å². The Labute approximate surface area is 143 Å². The minimum absolute atomic E-state index is 0. The molecule has 1 saturated heterocycles. The van der Waals surface area contributed by atoms with E-state index in [-0.39, 0.29) is 29.8 Å². The van der Waals surface area contributed by atoms with Crippen LogP contribution in [-0.2, 0) is 9.53 Å². The Hall–Kier alpha value is -0.810. The molecule has 1 fully saturated rings. The van der Waals surface area contributed by atoms with Gasteiger partial charge in [0.1, 0.15) is 6.10 Å². The summed E-state index contributed by atoms with van der Waals surface area (Å²) in [4.78, 5) is 14.3. The molecule has 1 aliphatic rings. The van der Waals surface area contributed by atoms with Crippen LogP contribution in [0.2, 0.25) is 5.02 Å². The molecule has 124 valence electrons. The van der Waals surface area contributed by atoms with Crippen LogP contribution < -0.4 is 5.73 Å². The van der Waals surface area contributed by atoms with Crippen molar-refractivity contribution in [3.05, 3.63) is 34.9 Å². The molecule has 22 heavy (non-hydrogen) atoms. The van der Waals surface area contributed by atoms with Crippen molar-refractivity contribution < 1.29 is 9.53 Å². The minimum Gasteiger partial charge on any atom is -0.370 e. The molecule has 2 rings (SSSR count). The molecule has 1 amide bonds. The maximum atomic E-state index is 12.5. The van der Waals surface area contributed by atoms with Gasteiger partial charge in [0.05, 0.1) is 19.2 Å². The summed E-state index contributed by atoms with van der Waals surface area (Å²) >= 11 is 6.21. The van der Waals surface area contributed by atoms with E-state index >= 15 is 0 Å². The molecule has 0 aliphatic carbocycles. The molecule has 0 aromatic heterocycles. The molecule has 2 atom stereocenters. The fourth-order valence-corrected chi connectivity index (χ4v) is 2.60. The average molecular weight is 347 g/mol. The average Bonchev–Trinajstić information content (AvgIpc) is 2.45. The number of nitrogens with two attached hydrogens (primary N) is 1. The van der Waals surface area contributed by atoms with Crippen molar-refractivity contribution in [3.8, 4) is 0 Å². The largest absolute Gasteiger partial charge is 0.370 e. The van der Waals surface area contributed by atoms with E-state index in [4.69, 9.17) is 22.1 Å². The summed E-state index contributed by atoms with van der Waals surface area (Å²) < 4.78 is 5.77. The van der Waals surface area contributed by atoms with E-state index in [0.29, 0.717) is 24.7 Å². The van der Waals surface area contributed by atoms with E-state index < -0.39 is 6.04 Å². The van der Waals surface area contributed by atoms with Gasteiger partial charge in [-0.15, -0.1) is 12.4 Å². The molecule has 1 aromatic carbocycles. The van der Waals surface area contributed by atoms with Gasteiger partial charge in [0.15, 0.2) is 0 Å². The van der Waals surface area contributed by atoms with E-state index in [1.165, 1.54) is 0 Å². The van der Waals surface area contributed by atoms with Crippen molar-refractivity contribution in [1.29, 1.82) is 0 Å². The Morgan fingerprint density at radius 3 is 2.64 bits per heavy atom. The second-order valence-electron chi connectivity index (χ2n) is 6.51. The summed E-state index contributed by atoms with van der Waals surface area (Å²) in [6.07, 6.45) is -0.191. The van der Waals surface area contributed by atoms with E-state index in [2.05, 4.69) is 0 Å². The Morgan fingerprint density at radius 1 is 1.41 bits per heavy atom. The van der Waals surface area contributed by atoms with E-state index in [0.717, 1.165) is 5.56 Å². The molecule has 0 radical (unpaired) electrons. The number of halogens is 2. The van der Waals surface area contributed by atoms with Gasteiger partial charge < -0.3 is 15.4 Å². The monoisotopic (exact) mass is 346 g/mol. The topological polar surface area (TPSA) is 55.6 Å². The fourth-order valence-electron chi connectivity index (χ4n) is 2.34. The van der Waals surface area contributed by atoms with Crippen molar-refractivity contribution in [3.63, 3.8) is 0 Å². The predicted molar refractivity (Wildman–Crippen MR) is 91.4 cm³/mol. The molecule has 6 heteroatoms. The number of ether oxygens (including phenoxy) is 1. The van der Waals surface area contributed by atoms with E-state index in [1.54, 1.807) is 4.90 Å². The lowest BCUT2D eigenvalue weighted by Crippen LogP contribution is -2.53. The van der Waals surface area contributed by atoms with Gasteiger partial charge in [0, 0.05) is 17.1 Å². The highest BCUT2D eigenvalue weighted by molar-refractivity contribution is 6.31. The molecule has 4 nitrogen and oxygen atoms in total. The van der Waals surface area contributed by atoms with Crippen LogP contribution in [-0.4, -0.2) is 36.5 Å². The summed E-state index contributed by atoms with van der Waals surface area (Å²) in [5.41, 5.74) is 6.74. The molecule has 1 unspecified atom stereocenters. The molecular weight excluding hydrogens is 323 g/mol. The maximum Gasteiger partial charge on any atom is 0.240 e. The third kappa shape index (κ3) is 4.35. The Kier molecular flexibility index (Phi) is 6.68. The van der Waals surface area contributed by atoms with Crippen LogP contribution in [0.25, 0.3) is 0 Å². The highest BCUT2D eigenvalue weighted by Crippen LogP contribution is 2.29. The van der Waals surface area contributed by atoms with Gasteiger partial charge in [-0.2, -0.15) is 0 Å². The molecule has 1 aromatic rings. The van der Waals surface area contributed by atoms with Crippen molar-refractivity contribution >= 4 is 29.9 Å². The molecular formula is C16H24Cl2N2O2. The Bertz CT molecular complexity index is 517. The van der Waals surface area contributed by atoms with Crippen molar-refractivity contribution in [2.45, 2.75) is 32.9 Å². The summed E-state index contributed by atoms with van der Waals surface area (Å²) in [6.45, 7) is 7.49. The third-order valence-electron chi connectivity index (χ3n) is 3.83. The van der Waals surface area contributed by atoms with Crippen LogP contribution in [0.15, 0.2) is 24.3 Å². The number of hydrogen-bond donors (Lipinski definition) is 1. The van der Waals surface area contributed by atoms with Crippen LogP contribution in [0.4, 0.5) is 0 Å². The zero-order chi connectivity index (χ0) is 15.6. The molecule has 0 bridgehead atoms. The minimum atomic E-state index is -0.512. The molecule has 0 saturated carbocycles. The SMILES string of the molecule is CC(C)(C)[C@H](N)C(=O)N1CCOC(c2ccccc2Cl)C1.Cl. The first-order valence-electron chi connectivity index (χ1n) is 7.21. The quantitative estimate of drug-likeness (QED) is 0.895. The van der Waals surface area contributed by atoms with Crippen LogP contribution in [0.5, 0.6) is 0 Å². The molecule has 0 spiro atoms. The first kappa shape index (κ1) is 19.2. The fraction of sp³-hybridized carbons (Fsp3) is 0.562. The maximum absolute atomic E-state index is 12.5. The normalized spacial score (nSPS) is 20.2. The summed E-state index contributed by atoms with van der Waals surface area (Å²) in [5.74, 6) is -0.0251. The number of benzene rings is 1. The van der Waals surface area contributed by atoms with Gasteiger partial charge in [-0.05, 0) is 11.5 Å². The smallest absolute Gasteiger partial charge is 0.240 e. The zero-order valence-corrected chi connectivity index (χ0v) is 14.8. The highest BCUT2D eigenvalue weighted by Gasteiger charge is 2.34. The first-order valence-corrected chi connectivity index (χ1v) is 7.59. The van der Waals surface area contributed by atoms with Gasteiger partial charge in [0.25, 0.3) is 0 Å². The summed E-state index contributed by atoms with van der Waals surface area (Å²) in [7, 11) is 0. The summed E-state index contributed by atoms with van der Waals surface area (Å²) in [6, 6.07) is 7.06. The van der Waals surface area contributed by atoms with Gasteiger partial charge >= 0.3 is 0 Å². The Balaban J connectivity index is 0.00000242. The lowest BCUT2D eigenvalue weighted by atomic mass is 9.86. The van der Waals surface area contributed by atoms with Crippen molar-refractivity contribution in [1.82, 2.24) is 4.90 Å². The summed E-state index contributed by atoms with van der Waals surface area (Å²) in [5, 5.41) is 0.664. The standard InChI is InChI=1S/C16H23ClN2O2.ClH/c1-16(2,3)14(18)15(20)19-8-9-21-13(10-19)11-6-4-5-7-12(11)17;/h4-7,13-14H,8-10,18H2,1-3H3;1H/t13?,14-;/m1./s1. The van der Waals surface area contributed by atoms with Crippen molar-refractivity contribution in [2.24, 2.45) is 11.1 Å². The van der Waals surface area contributed by atoms with Gasteiger partial charge in [-0.1, -0.05) is 50.6 Å². The number of nitrogens with zero attached hydrogens (tertiary/aromatic N) is 1. The van der Waals surface area contributed by atoms with Crippen LogP contribution in [0.1, 0.15) is 32.4 Å².